The lowest BCUT2D eigenvalue weighted by molar-refractivity contribution is -0.117. The van der Waals surface area contributed by atoms with Gasteiger partial charge in [-0.05, 0) is 30.0 Å². The Kier molecular flexibility index (Phi) is 5.43. The summed E-state index contributed by atoms with van der Waals surface area (Å²) in [6.45, 7) is 9.22. The van der Waals surface area contributed by atoms with Crippen LogP contribution in [0.4, 0.5) is 15.9 Å². The van der Waals surface area contributed by atoms with Crippen LogP contribution in [0, 0.1) is 18.2 Å². The molecule has 4 nitrogen and oxygen atoms in total. The van der Waals surface area contributed by atoms with Gasteiger partial charge in [-0.15, -0.1) is 0 Å². The molecule has 27 heavy (non-hydrogen) atoms. The SMILES string of the molecule is Cc1cc2c(nc1NC(=O)CC(C)(C)C)CCN2Cc1cccc(Cl)c1F. The minimum atomic E-state index is -0.372. The topological polar surface area (TPSA) is 45.2 Å². The Labute approximate surface area is 164 Å². The van der Waals surface area contributed by atoms with Crippen molar-refractivity contribution in [3.8, 4) is 0 Å². The van der Waals surface area contributed by atoms with Crippen LogP contribution < -0.4 is 10.2 Å². The molecule has 1 aliphatic rings. The highest BCUT2D eigenvalue weighted by Gasteiger charge is 2.24. The van der Waals surface area contributed by atoms with Gasteiger partial charge in [-0.2, -0.15) is 0 Å². The Morgan fingerprint density at radius 3 is 2.81 bits per heavy atom. The molecule has 1 N–H and O–H groups in total. The first-order chi connectivity index (χ1) is 12.6. The summed E-state index contributed by atoms with van der Waals surface area (Å²) in [7, 11) is 0. The summed E-state index contributed by atoms with van der Waals surface area (Å²) >= 11 is 5.89. The van der Waals surface area contributed by atoms with Gasteiger partial charge in [0.15, 0.2) is 0 Å². The van der Waals surface area contributed by atoms with Crippen LogP contribution >= 0.6 is 11.6 Å². The van der Waals surface area contributed by atoms with Crippen LogP contribution in [0.25, 0.3) is 0 Å². The number of carbonyl (C=O) groups is 1. The Hall–Kier alpha value is -2.14. The summed E-state index contributed by atoms with van der Waals surface area (Å²) in [5, 5.41) is 3.07. The fourth-order valence-electron chi connectivity index (χ4n) is 3.28. The molecule has 0 saturated carbocycles. The highest BCUT2D eigenvalue weighted by atomic mass is 35.5. The van der Waals surface area contributed by atoms with Gasteiger partial charge in [0.1, 0.15) is 11.6 Å². The molecule has 0 saturated heterocycles. The van der Waals surface area contributed by atoms with Crippen LogP contribution in [0.3, 0.4) is 0 Å². The number of benzene rings is 1. The van der Waals surface area contributed by atoms with Crippen molar-refractivity contribution >= 4 is 29.0 Å². The monoisotopic (exact) mass is 389 g/mol. The van der Waals surface area contributed by atoms with E-state index in [9.17, 15) is 9.18 Å². The van der Waals surface area contributed by atoms with Crippen molar-refractivity contribution in [3.05, 3.63) is 51.9 Å². The molecule has 2 heterocycles. The Morgan fingerprint density at radius 1 is 1.37 bits per heavy atom. The van der Waals surface area contributed by atoms with Crippen molar-refractivity contribution < 1.29 is 9.18 Å². The van der Waals surface area contributed by atoms with Gasteiger partial charge in [0.2, 0.25) is 5.91 Å². The molecule has 1 aromatic heterocycles. The lowest BCUT2D eigenvalue weighted by atomic mass is 9.92. The van der Waals surface area contributed by atoms with E-state index in [0.717, 1.165) is 29.9 Å². The molecule has 0 radical (unpaired) electrons. The quantitative estimate of drug-likeness (QED) is 0.789. The number of pyridine rings is 1. The largest absolute Gasteiger partial charge is 0.365 e. The van der Waals surface area contributed by atoms with Gasteiger partial charge in [0, 0.05) is 31.5 Å². The molecule has 3 rings (SSSR count). The van der Waals surface area contributed by atoms with Crippen LogP contribution in [0.2, 0.25) is 5.02 Å². The molecular weight excluding hydrogens is 365 g/mol. The van der Waals surface area contributed by atoms with Crippen molar-refractivity contribution in [2.45, 2.75) is 47.1 Å². The van der Waals surface area contributed by atoms with E-state index in [4.69, 9.17) is 11.6 Å². The summed E-state index contributed by atoms with van der Waals surface area (Å²) in [6.07, 6.45) is 1.20. The Morgan fingerprint density at radius 2 is 2.11 bits per heavy atom. The van der Waals surface area contributed by atoms with Gasteiger partial charge in [-0.25, -0.2) is 9.37 Å². The number of aryl methyl sites for hydroxylation is 1. The van der Waals surface area contributed by atoms with E-state index in [1.807, 2.05) is 33.8 Å². The number of hydrogen-bond donors (Lipinski definition) is 1. The number of amides is 1. The van der Waals surface area contributed by atoms with E-state index in [-0.39, 0.29) is 22.2 Å². The Bertz CT molecular complexity index is 876. The zero-order chi connectivity index (χ0) is 19.8. The number of fused-ring (bicyclic) bond motifs is 1. The van der Waals surface area contributed by atoms with Gasteiger partial charge >= 0.3 is 0 Å². The third-order valence-corrected chi connectivity index (χ3v) is 4.86. The summed E-state index contributed by atoms with van der Waals surface area (Å²) in [4.78, 5) is 19.0. The second-order valence-electron chi connectivity index (χ2n) is 8.29. The smallest absolute Gasteiger partial charge is 0.226 e. The molecule has 0 bridgehead atoms. The molecule has 144 valence electrons. The predicted molar refractivity (Wildman–Crippen MR) is 108 cm³/mol. The highest BCUT2D eigenvalue weighted by molar-refractivity contribution is 6.30. The number of rotatable bonds is 4. The van der Waals surface area contributed by atoms with Gasteiger partial charge in [-0.3, -0.25) is 4.79 Å². The molecule has 0 fully saturated rings. The lowest BCUT2D eigenvalue weighted by Crippen LogP contribution is -2.21. The van der Waals surface area contributed by atoms with Gasteiger partial charge in [-0.1, -0.05) is 44.5 Å². The zero-order valence-corrected chi connectivity index (χ0v) is 17.0. The molecule has 1 aliphatic heterocycles. The standard InChI is InChI=1S/C21H25ClFN3O/c1-13-10-17-16(24-20(13)25-18(27)11-21(2,3)4)8-9-26(17)12-14-6-5-7-15(22)19(14)23/h5-7,10H,8-9,11-12H2,1-4H3,(H,24,25,27). The number of hydrogen-bond acceptors (Lipinski definition) is 3. The second kappa shape index (κ2) is 7.47. The fourth-order valence-corrected chi connectivity index (χ4v) is 3.48. The minimum Gasteiger partial charge on any atom is -0.365 e. The third-order valence-electron chi connectivity index (χ3n) is 4.57. The van der Waals surface area contributed by atoms with Crippen LogP contribution in [-0.2, 0) is 17.8 Å². The summed E-state index contributed by atoms with van der Waals surface area (Å²) < 4.78 is 14.2. The molecule has 1 aromatic carbocycles. The molecule has 0 atom stereocenters. The van der Waals surface area contributed by atoms with Crippen molar-refractivity contribution in [1.82, 2.24) is 4.98 Å². The van der Waals surface area contributed by atoms with Crippen LogP contribution in [-0.4, -0.2) is 17.4 Å². The van der Waals surface area contributed by atoms with E-state index < -0.39 is 0 Å². The van der Waals surface area contributed by atoms with E-state index in [1.54, 1.807) is 18.2 Å². The summed E-state index contributed by atoms with van der Waals surface area (Å²) in [6, 6.07) is 7.08. The molecular formula is C21H25ClFN3O. The van der Waals surface area contributed by atoms with Crippen molar-refractivity contribution in [2.75, 3.05) is 16.8 Å². The van der Waals surface area contributed by atoms with Crippen LogP contribution in [0.1, 0.15) is 44.0 Å². The minimum absolute atomic E-state index is 0.0334. The maximum absolute atomic E-state index is 14.2. The number of carbonyl (C=O) groups excluding carboxylic acids is 1. The second-order valence-corrected chi connectivity index (χ2v) is 8.70. The van der Waals surface area contributed by atoms with E-state index in [0.29, 0.717) is 24.3 Å². The maximum Gasteiger partial charge on any atom is 0.226 e. The normalized spacial score (nSPS) is 13.6. The molecule has 0 aliphatic carbocycles. The molecule has 2 aromatic rings. The van der Waals surface area contributed by atoms with E-state index >= 15 is 0 Å². The van der Waals surface area contributed by atoms with Crippen LogP contribution in [0.5, 0.6) is 0 Å². The first-order valence-corrected chi connectivity index (χ1v) is 9.50. The van der Waals surface area contributed by atoms with Crippen molar-refractivity contribution in [1.29, 1.82) is 0 Å². The zero-order valence-electron chi connectivity index (χ0n) is 16.2. The molecule has 0 unspecified atom stereocenters. The first kappa shape index (κ1) is 19.6. The van der Waals surface area contributed by atoms with Gasteiger partial charge in [0.25, 0.3) is 0 Å². The Balaban J connectivity index is 1.79. The molecule has 6 heteroatoms. The maximum atomic E-state index is 14.2. The van der Waals surface area contributed by atoms with Crippen LogP contribution in [0.15, 0.2) is 24.3 Å². The van der Waals surface area contributed by atoms with Gasteiger partial charge < -0.3 is 10.2 Å². The summed E-state index contributed by atoms with van der Waals surface area (Å²) in [5.41, 5.74) is 3.30. The van der Waals surface area contributed by atoms with Crippen molar-refractivity contribution in [2.24, 2.45) is 5.41 Å². The number of nitrogens with one attached hydrogen (secondary N) is 1. The van der Waals surface area contributed by atoms with Crippen molar-refractivity contribution in [3.63, 3.8) is 0 Å². The molecule has 0 spiro atoms. The number of nitrogens with zero attached hydrogens (tertiary/aromatic N) is 2. The average Bonchev–Trinajstić information content (AvgIpc) is 2.92. The predicted octanol–water partition coefficient (Wildman–Crippen LogP) is 5.12. The third kappa shape index (κ3) is 4.59. The fraction of sp³-hybridized carbons (Fsp3) is 0.429. The first-order valence-electron chi connectivity index (χ1n) is 9.12. The highest BCUT2D eigenvalue weighted by Crippen LogP contribution is 2.32. The summed E-state index contributed by atoms with van der Waals surface area (Å²) in [5.74, 6) is 0.205. The van der Waals surface area contributed by atoms with Gasteiger partial charge in [0.05, 0.1) is 16.4 Å². The number of halogens is 2. The molecule has 1 amide bonds. The van der Waals surface area contributed by atoms with E-state index in [1.165, 1.54) is 0 Å². The lowest BCUT2D eigenvalue weighted by Gasteiger charge is -2.21. The number of anilines is 2. The van der Waals surface area contributed by atoms with E-state index in [2.05, 4.69) is 15.2 Å². The number of aromatic nitrogens is 1. The average molecular weight is 390 g/mol.